The first kappa shape index (κ1) is 17.5. The molecule has 124 valence electrons. The molecule has 24 heavy (non-hydrogen) atoms. The molecule has 0 saturated heterocycles. The van der Waals surface area contributed by atoms with Gasteiger partial charge in [-0.05, 0) is 44.0 Å². The minimum absolute atomic E-state index is 0.312. The van der Waals surface area contributed by atoms with Crippen molar-refractivity contribution >= 4 is 12.1 Å². The lowest BCUT2D eigenvalue weighted by Crippen LogP contribution is -2.19. The summed E-state index contributed by atoms with van der Waals surface area (Å²) in [6.45, 7) is 10.1. The smallest absolute Gasteiger partial charge is 0.275 e. The van der Waals surface area contributed by atoms with Crippen LogP contribution >= 0.6 is 0 Å². The number of carbonyl (C=O) groups is 1. The lowest BCUT2D eigenvalue weighted by Gasteiger charge is -2.09. The van der Waals surface area contributed by atoms with E-state index in [0.29, 0.717) is 17.9 Å². The highest BCUT2D eigenvalue weighted by atomic mass is 16.5. The number of aryl methyl sites for hydroxylation is 3. The van der Waals surface area contributed by atoms with Crippen LogP contribution in [0.15, 0.2) is 54.2 Å². The van der Waals surface area contributed by atoms with Crippen LogP contribution in [0.2, 0.25) is 0 Å². The summed E-state index contributed by atoms with van der Waals surface area (Å²) in [5.74, 6) is 0.195. The Hall–Kier alpha value is -2.88. The number of ether oxygens (including phenoxy) is 1. The second-order valence-electron chi connectivity index (χ2n) is 5.61. The zero-order valence-electron chi connectivity index (χ0n) is 14.3. The van der Waals surface area contributed by atoms with E-state index in [9.17, 15) is 4.79 Å². The van der Waals surface area contributed by atoms with Crippen molar-refractivity contribution in [2.45, 2.75) is 20.8 Å². The summed E-state index contributed by atoms with van der Waals surface area (Å²) in [5, 5.41) is 4.09. The van der Waals surface area contributed by atoms with Gasteiger partial charge in [0.25, 0.3) is 5.91 Å². The molecule has 1 N–H and O–H groups in total. The van der Waals surface area contributed by atoms with E-state index in [2.05, 4.69) is 36.2 Å². The largest absolute Gasteiger partial charge is 0.489 e. The van der Waals surface area contributed by atoms with Crippen molar-refractivity contribution in [2.24, 2.45) is 5.10 Å². The molecule has 0 radical (unpaired) electrons. The molecule has 0 aliphatic carbocycles. The average molecular weight is 322 g/mol. The first-order chi connectivity index (χ1) is 11.5. The highest BCUT2D eigenvalue weighted by Crippen LogP contribution is 2.18. The number of carbonyl (C=O) groups excluding carboxylic acids is 1. The Morgan fingerprint density at radius 1 is 1.21 bits per heavy atom. The Kier molecular flexibility index (Phi) is 5.90. The summed E-state index contributed by atoms with van der Waals surface area (Å²) in [6.07, 6.45) is 3.31. The summed E-state index contributed by atoms with van der Waals surface area (Å²) in [7, 11) is 0. The third-order valence-electron chi connectivity index (χ3n) is 3.59. The van der Waals surface area contributed by atoms with E-state index in [4.69, 9.17) is 4.74 Å². The molecule has 4 heteroatoms. The Morgan fingerprint density at radius 3 is 2.54 bits per heavy atom. The van der Waals surface area contributed by atoms with Crippen molar-refractivity contribution in [3.63, 3.8) is 0 Å². The number of amides is 1. The van der Waals surface area contributed by atoms with Gasteiger partial charge >= 0.3 is 0 Å². The maximum absolute atomic E-state index is 12.3. The number of benzene rings is 2. The lowest BCUT2D eigenvalue weighted by molar-refractivity contribution is 0.0951. The molecule has 0 aliphatic heterocycles. The number of para-hydroxylation sites is 1. The maximum atomic E-state index is 12.3. The normalized spacial score (nSPS) is 10.6. The summed E-state index contributed by atoms with van der Waals surface area (Å²) >= 11 is 0. The molecular weight excluding hydrogens is 300 g/mol. The minimum Gasteiger partial charge on any atom is -0.489 e. The molecule has 0 aromatic heterocycles. The van der Waals surface area contributed by atoms with Crippen LogP contribution in [0.25, 0.3) is 0 Å². The van der Waals surface area contributed by atoms with Gasteiger partial charge in [0.2, 0.25) is 0 Å². The number of hydrazone groups is 1. The first-order valence-corrected chi connectivity index (χ1v) is 7.77. The van der Waals surface area contributed by atoms with Gasteiger partial charge in [0.15, 0.2) is 0 Å². The molecule has 0 bridgehead atoms. The fourth-order valence-electron chi connectivity index (χ4n) is 2.54. The minimum atomic E-state index is -0.312. The summed E-state index contributed by atoms with van der Waals surface area (Å²) in [6, 6.07) is 11.2. The monoisotopic (exact) mass is 322 g/mol. The van der Waals surface area contributed by atoms with Gasteiger partial charge in [-0.25, -0.2) is 5.43 Å². The predicted octanol–water partition coefficient (Wildman–Crippen LogP) is 3.94. The molecule has 1 amide bonds. The molecule has 2 aromatic carbocycles. The van der Waals surface area contributed by atoms with Crippen molar-refractivity contribution in [3.8, 4) is 5.75 Å². The number of nitrogens with zero attached hydrogens (tertiary/aromatic N) is 1. The van der Waals surface area contributed by atoms with Gasteiger partial charge in [0, 0.05) is 5.56 Å². The maximum Gasteiger partial charge on any atom is 0.275 e. The standard InChI is InChI=1S/C20H22N2O2/c1-5-10-24-19-9-7-6-8-17(19)20(23)22-21-13-18-15(3)11-14(2)12-16(18)4/h5-9,11-13H,1,10H2,2-4H3,(H,22,23). The quantitative estimate of drug-likeness (QED) is 0.497. The molecule has 2 aromatic rings. The number of rotatable bonds is 6. The van der Waals surface area contributed by atoms with Crippen LogP contribution < -0.4 is 10.2 Å². The van der Waals surface area contributed by atoms with Crippen LogP contribution in [0.1, 0.15) is 32.6 Å². The van der Waals surface area contributed by atoms with Gasteiger partial charge in [-0.2, -0.15) is 5.10 Å². The van der Waals surface area contributed by atoms with Crippen LogP contribution in [0, 0.1) is 20.8 Å². The van der Waals surface area contributed by atoms with Crippen LogP contribution in [-0.2, 0) is 0 Å². The zero-order chi connectivity index (χ0) is 17.5. The van der Waals surface area contributed by atoms with Crippen molar-refractivity contribution < 1.29 is 9.53 Å². The molecule has 0 saturated carbocycles. The molecule has 0 unspecified atom stereocenters. The van der Waals surface area contributed by atoms with E-state index in [1.54, 1.807) is 30.5 Å². The van der Waals surface area contributed by atoms with Crippen molar-refractivity contribution in [3.05, 3.63) is 76.9 Å². The van der Waals surface area contributed by atoms with Gasteiger partial charge in [-0.3, -0.25) is 4.79 Å². The molecule has 0 spiro atoms. The molecular formula is C20H22N2O2. The van der Waals surface area contributed by atoms with E-state index in [-0.39, 0.29) is 5.91 Å². The molecule has 0 fully saturated rings. The van der Waals surface area contributed by atoms with Gasteiger partial charge in [-0.15, -0.1) is 0 Å². The highest BCUT2D eigenvalue weighted by Gasteiger charge is 2.11. The summed E-state index contributed by atoms with van der Waals surface area (Å²) in [5.41, 5.74) is 7.47. The van der Waals surface area contributed by atoms with Crippen LogP contribution in [-0.4, -0.2) is 18.7 Å². The van der Waals surface area contributed by atoms with Crippen molar-refractivity contribution in [1.29, 1.82) is 0 Å². The molecule has 2 rings (SSSR count). The van der Waals surface area contributed by atoms with E-state index in [1.807, 2.05) is 19.9 Å². The van der Waals surface area contributed by atoms with Gasteiger partial charge in [0.05, 0.1) is 11.8 Å². The molecule has 4 nitrogen and oxygen atoms in total. The predicted molar refractivity (Wildman–Crippen MR) is 97.8 cm³/mol. The van der Waals surface area contributed by atoms with Crippen LogP contribution in [0.3, 0.4) is 0 Å². The van der Waals surface area contributed by atoms with E-state index in [0.717, 1.165) is 16.7 Å². The van der Waals surface area contributed by atoms with Gasteiger partial charge in [-0.1, -0.05) is 42.5 Å². The SMILES string of the molecule is C=CCOc1ccccc1C(=O)NN=Cc1c(C)cc(C)cc1C. The van der Waals surface area contributed by atoms with Crippen molar-refractivity contribution in [1.82, 2.24) is 5.43 Å². The summed E-state index contributed by atoms with van der Waals surface area (Å²) in [4.78, 5) is 12.3. The Bertz CT molecular complexity index is 756. The second-order valence-corrected chi connectivity index (χ2v) is 5.61. The topological polar surface area (TPSA) is 50.7 Å². The average Bonchev–Trinajstić information content (AvgIpc) is 2.55. The molecule has 0 heterocycles. The van der Waals surface area contributed by atoms with Crippen molar-refractivity contribution in [2.75, 3.05) is 6.61 Å². The van der Waals surface area contributed by atoms with E-state index >= 15 is 0 Å². The third kappa shape index (κ3) is 4.32. The number of hydrogen-bond donors (Lipinski definition) is 1. The van der Waals surface area contributed by atoms with E-state index < -0.39 is 0 Å². The van der Waals surface area contributed by atoms with Crippen LogP contribution in [0.4, 0.5) is 0 Å². The fourth-order valence-corrected chi connectivity index (χ4v) is 2.54. The van der Waals surface area contributed by atoms with Gasteiger partial charge < -0.3 is 4.74 Å². The number of nitrogens with one attached hydrogen (secondary N) is 1. The zero-order valence-corrected chi connectivity index (χ0v) is 14.3. The van der Waals surface area contributed by atoms with E-state index in [1.165, 1.54) is 5.56 Å². The van der Waals surface area contributed by atoms with Gasteiger partial charge in [0.1, 0.15) is 12.4 Å². The first-order valence-electron chi connectivity index (χ1n) is 7.77. The Morgan fingerprint density at radius 2 is 1.88 bits per heavy atom. The fraction of sp³-hybridized carbons (Fsp3) is 0.200. The molecule has 0 aliphatic rings. The Balaban J connectivity index is 2.13. The summed E-state index contributed by atoms with van der Waals surface area (Å²) < 4.78 is 5.49. The second kappa shape index (κ2) is 8.11. The highest BCUT2D eigenvalue weighted by molar-refractivity contribution is 5.97. The third-order valence-corrected chi connectivity index (χ3v) is 3.59. The molecule has 0 atom stereocenters. The van der Waals surface area contributed by atoms with Crippen LogP contribution in [0.5, 0.6) is 5.75 Å². The number of hydrogen-bond acceptors (Lipinski definition) is 3. The lowest BCUT2D eigenvalue weighted by atomic mass is 10.0. The Labute approximate surface area is 142 Å².